The Balaban J connectivity index is 2.82. The molecule has 1 aliphatic rings. The first kappa shape index (κ1) is 17.7. The summed E-state index contributed by atoms with van der Waals surface area (Å²) in [4.78, 5) is 2.02. The van der Waals surface area contributed by atoms with E-state index in [4.69, 9.17) is 4.74 Å². The van der Waals surface area contributed by atoms with Crippen LogP contribution in [0.1, 0.15) is 0 Å². The molecular weight excluding hydrogens is 304 g/mol. The number of nitriles is 1. The lowest BCUT2D eigenvalue weighted by atomic mass is 10.4. The van der Waals surface area contributed by atoms with Gasteiger partial charge in [-0.15, -0.1) is 0 Å². The number of hydrogen-bond acceptors (Lipinski definition) is 5. The van der Waals surface area contributed by atoms with E-state index in [9.17, 15) is 5.26 Å². The molecule has 0 amide bonds. The van der Waals surface area contributed by atoms with E-state index in [0.29, 0.717) is 19.0 Å². The standard InChI is InChI=1S/C12H26N4OSSi2/c1-19(2,3)16(20(4,5)6)18-14-12(11-13)15-7-9-17-10-8-15/h7-10H2,1-6H3/b14-12+. The van der Waals surface area contributed by atoms with Crippen LogP contribution in [0, 0.1) is 11.3 Å². The number of rotatable bonds is 4. The predicted molar refractivity (Wildman–Crippen MR) is 91.6 cm³/mol. The minimum atomic E-state index is -1.45. The van der Waals surface area contributed by atoms with Gasteiger partial charge < -0.3 is 9.64 Å². The first-order chi connectivity index (χ1) is 9.16. The van der Waals surface area contributed by atoms with Crippen LogP contribution in [0.5, 0.6) is 0 Å². The summed E-state index contributed by atoms with van der Waals surface area (Å²) in [6, 6.07) is 2.23. The average molecular weight is 331 g/mol. The molecule has 0 aromatic carbocycles. The number of morpholine rings is 1. The van der Waals surface area contributed by atoms with E-state index in [0.717, 1.165) is 13.1 Å². The zero-order chi connectivity index (χ0) is 15.4. The summed E-state index contributed by atoms with van der Waals surface area (Å²) in [5.41, 5.74) is 0. The Kier molecular flexibility index (Phi) is 6.28. The Bertz CT molecular complexity index is 378. The van der Waals surface area contributed by atoms with E-state index in [1.54, 1.807) is 0 Å². The molecule has 1 saturated heterocycles. The van der Waals surface area contributed by atoms with Gasteiger partial charge in [0.25, 0.3) is 0 Å². The second-order valence-corrected chi connectivity index (χ2v) is 18.2. The molecule has 0 N–H and O–H groups in total. The molecule has 20 heavy (non-hydrogen) atoms. The second kappa shape index (κ2) is 7.09. The Hall–Kier alpha value is -0.336. The molecule has 0 unspecified atom stereocenters. The minimum absolute atomic E-state index is 0.528. The van der Waals surface area contributed by atoms with Gasteiger partial charge in [-0.2, -0.15) is 9.66 Å². The molecule has 1 heterocycles. The Morgan fingerprint density at radius 3 is 2.05 bits per heavy atom. The van der Waals surface area contributed by atoms with E-state index in [-0.39, 0.29) is 0 Å². The van der Waals surface area contributed by atoms with E-state index >= 15 is 0 Å². The zero-order valence-electron chi connectivity index (χ0n) is 13.4. The van der Waals surface area contributed by atoms with Gasteiger partial charge in [0.2, 0.25) is 5.84 Å². The van der Waals surface area contributed by atoms with Crippen molar-refractivity contribution in [2.45, 2.75) is 39.3 Å². The molecule has 0 aliphatic carbocycles. The van der Waals surface area contributed by atoms with Crippen molar-refractivity contribution in [3.05, 3.63) is 0 Å². The fourth-order valence-electron chi connectivity index (χ4n) is 2.25. The lowest BCUT2D eigenvalue weighted by molar-refractivity contribution is 0.0687. The molecular formula is C12H26N4OSSi2. The van der Waals surface area contributed by atoms with Crippen LogP contribution in [0.25, 0.3) is 0 Å². The largest absolute Gasteiger partial charge is 0.378 e. The quantitative estimate of drug-likeness (QED) is 0.343. The van der Waals surface area contributed by atoms with E-state index in [2.05, 4.69) is 53.4 Å². The highest BCUT2D eigenvalue weighted by molar-refractivity contribution is 7.98. The van der Waals surface area contributed by atoms with Gasteiger partial charge in [0.15, 0.2) is 0 Å². The summed E-state index contributed by atoms with van der Waals surface area (Å²) in [5.74, 6) is 0.528. The number of nitrogens with zero attached hydrogens (tertiary/aromatic N) is 4. The number of ether oxygens (including phenoxy) is 1. The molecule has 1 rings (SSSR count). The van der Waals surface area contributed by atoms with Crippen LogP contribution in [0.15, 0.2) is 4.40 Å². The van der Waals surface area contributed by atoms with Gasteiger partial charge in [0, 0.05) is 13.1 Å². The van der Waals surface area contributed by atoms with Gasteiger partial charge in [-0.1, -0.05) is 39.3 Å². The Morgan fingerprint density at radius 1 is 1.15 bits per heavy atom. The van der Waals surface area contributed by atoms with Crippen LogP contribution in [0.2, 0.25) is 39.3 Å². The van der Waals surface area contributed by atoms with Gasteiger partial charge in [0.1, 0.15) is 22.5 Å². The van der Waals surface area contributed by atoms with Crippen molar-refractivity contribution in [1.82, 2.24) is 8.54 Å². The molecule has 0 atom stereocenters. The smallest absolute Gasteiger partial charge is 0.217 e. The summed E-state index contributed by atoms with van der Waals surface area (Å²) in [6.07, 6.45) is 0. The highest BCUT2D eigenvalue weighted by Gasteiger charge is 2.35. The lowest BCUT2D eigenvalue weighted by Crippen LogP contribution is -2.54. The van der Waals surface area contributed by atoms with Crippen LogP contribution in [-0.2, 0) is 4.74 Å². The molecule has 0 bridgehead atoms. The van der Waals surface area contributed by atoms with Crippen LogP contribution in [0.4, 0.5) is 0 Å². The van der Waals surface area contributed by atoms with Crippen molar-refractivity contribution >= 4 is 34.4 Å². The highest BCUT2D eigenvalue weighted by atomic mass is 32.2. The molecule has 0 spiro atoms. The molecule has 114 valence electrons. The fraction of sp³-hybridized carbons (Fsp3) is 0.833. The summed E-state index contributed by atoms with van der Waals surface area (Å²) < 4.78 is 12.4. The monoisotopic (exact) mass is 330 g/mol. The molecule has 1 aliphatic heterocycles. The molecule has 0 aromatic rings. The third-order valence-electron chi connectivity index (χ3n) is 2.84. The molecule has 1 fully saturated rings. The Morgan fingerprint density at radius 2 is 1.65 bits per heavy atom. The van der Waals surface area contributed by atoms with Crippen molar-refractivity contribution in [2.75, 3.05) is 26.3 Å². The van der Waals surface area contributed by atoms with Crippen LogP contribution >= 0.6 is 12.1 Å². The average Bonchev–Trinajstić information content (AvgIpc) is 2.32. The van der Waals surface area contributed by atoms with Crippen molar-refractivity contribution in [3.63, 3.8) is 0 Å². The maximum atomic E-state index is 9.32. The maximum absolute atomic E-state index is 9.32. The molecule has 0 saturated carbocycles. The zero-order valence-corrected chi connectivity index (χ0v) is 16.3. The summed E-state index contributed by atoms with van der Waals surface area (Å²) in [5, 5.41) is 9.32. The number of amidine groups is 1. The topological polar surface area (TPSA) is 51.9 Å². The summed E-state index contributed by atoms with van der Waals surface area (Å²) >= 11 is 1.50. The maximum Gasteiger partial charge on any atom is 0.217 e. The van der Waals surface area contributed by atoms with Crippen LogP contribution < -0.4 is 0 Å². The van der Waals surface area contributed by atoms with Crippen molar-refractivity contribution in [3.8, 4) is 6.07 Å². The fourth-order valence-corrected chi connectivity index (χ4v) is 12.8. The van der Waals surface area contributed by atoms with Gasteiger partial charge in [0.05, 0.1) is 25.3 Å². The molecule has 0 radical (unpaired) electrons. The highest BCUT2D eigenvalue weighted by Crippen LogP contribution is 2.29. The van der Waals surface area contributed by atoms with Crippen molar-refractivity contribution < 1.29 is 4.74 Å². The summed E-state index contributed by atoms with van der Waals surface area (Å²) in [7, 11) is -2.91. The first-order valence-corrected chi connectivity index (χ1v) is 14.6. The third-order valence-corrected chi connectivity index (χ3v) is 13.5. The predicted octanol–water partition coefficient (Wildman–Crippen LogP) is 2.78. The number of hydrogen-bond donors (Lipinski definition) is 0. The van der Waals surface area contributed by atoms with E-state index in [1.807, 2.05) is 4.90 Å². The molecule has 5 nitrogen and oxygen atoms in total. The first-order valence-electron chi connectivity index (χ1n) is 6.94. The van der Waals surface area contributed by atoms with Gasteiger partial charge in [-0.25, -0.2) is 0 Å². The molecule has 8 heteroatoms. The van der Waals surface area contributed by atoms with Crippen LogP contribution in [0.3, 0.4) is 0 Å². The second-order valence-electron chi connectivity index (χ2n) is 6.84. The van der Waals surface area contributed by atoms with E-state index < -0.39 is 16.5 Å². The summed E-state index contributed by atoms with van der Waals surface area (Å²) in [6.45, 7) is 16.8. The molecule has 0 aromatic heterocycles. The Labute approximate surface area is 129 Å². The third kappa shape index (κ3) is 5.22. The van der Waals surface area contributed by atoms with Crippen molar-refractivity contribution in [2.24, 2.45) is 4.40 Å². The van der Waals surface area contributed by atoms with E-state index in [1.165, 1.54) is 12.1 Å². The van der Waals surface area contributed by atoms with Gasteiger partial charge in [-0.05, 0) is 0 Å². The lowest BCUT2D eigenvalue weighted by Gasteiger charge is -2.40. The normalized spacial score (nSPS) is 18.3. The SMILES string of the molecule is C[Si](C)(C)N(S/N=C(\C#N)N1CCOCC1)[Si](C)(C)C. The van der Waals surface area contributed by atoms with Crippen LogP contribution in [-0.4, -0.2) is 57.1 Å². The minimum Gasteiger partial charge on any atom is -0.378 e. The van der Waals surface area contributed by atoms with Crippen molar-refractivity contribution in [1.29, 1.82) is 5.26 Å². The van der Waals surface area contributed by atoms with Gasteiger partial charge in [-0.3, -0.25) is 3.64 Å². The van der Waals surface area contributed by atoms with Gasteiger partial charge >= 0.3 is 0 Å².